The van der Waals surface area contributed by atoms with Crippen molar-refractivity contribution in [2.45, 2.75) is 51.0 Å². The fourth-order valence-electron chi connectivity index (χ4n) is 2.28. The van der Waals surface area contributed by atoms with Crippen LogP contribution in [0, 0.1) is 0 Å². The van der Waals surface area contributed by atoms with Crippen LogP contribution in [0.3, 0.4) is 0 Å². The van der Waals surface area contributed by atoms with E-state index in [1.807, 2.05) is 0 Å². The van der Waals surface area contributed by atoms with Gasteiger partial charge in [-0.05, 0) is 18.9 Å². The van der Waals surface area contributed by atoms with E-state index < -0.39 is 23.8 Å². The third kappa shape index (κ3) is 9.37. The predicted octanol–water partition coefficient (Wildman–Crippen LogP) is 0.659. The fraction of sp³-hybridized carbons (Fsp3) is 0.750. The van der Waals surface area contributed by atoms with Crippen molar-refractivity contribution in [2.24, 2.45) is 0 Å². The highest BCUT2D eigenvalue weighted by Gasteiger charge is 2.39. The zero-order valence-electron chi connectivity index (χ0n) is 13.7. The third-order valence-electron chi connectivity index (χ3n) is 3.12. The number of ketones is 1. The van der Waals surface area contributed by atoms with Crippen molar-refractivity contribution in [2.75, 3.05) is 27.7 Å². The summed E-state index contributed by atoms with van der Waals surface area (Å²) in [6, 6.07) is 0. The highest BCUT2D eigenvalue weighted by Crippen LogP contribution is 2.17. The number of hydrogen-bond donors (Lipinski definition) is 1. The minimum Gasteiger partial charge on any atom is -0.550 e. The molecule has 0 aromatic rings. The number of carbonyl (C=O) groups excluding carboxylic acids is 2. The van der Waals surface area contributed by atoms with Crippen LogP contribution in [0.5, 0.6) is 0 Å². The lowest BCUT2D eigenvalue weighted by Gasteiger charge is -2.34. The second-order valence-electron chi connectivity index (χ2n) is 6.64. The molecular formula is C16H29NO4. The normalized spacial score (nSPS) is 15.1. The van der Waals surface area contributed by atoms with Gasteiger partial charge in [0.1, 0.15) is 6.54 Å². The monoisotopic (exact) mass is 299 g/mol. The van der Waals surface area contributed by atoms with E-state index in [-0.39, 0.29) is 6.54 Å². The van der Waals surface area contributed by atoms with Crippen LogP contribution >= 0.6 is 0 Å². The number of quaternary nitrogens is 1. The van der Waals surface area contributed by atoms with Crippen LogP contribution in [0.4, 0.5) is 0 Å². The number of unbranched alkanes of at least 4 members (excludes halogenated alkanes) is 4. The van der Waals surface area contributed by atoms with Gasteiger partial charge in [0.05, 0.1) is 21.1 Å². The van der Waals surface area contributed by atoms with Crippen molar-refractivity contribution in [3.8, 4) is 0 Å². The van der Waals surface area contributed by atoms with Crippen LogP contribution in [-0.4, -0.2) is 54.6 Å². The number of hydrogen-bond acceptors (Lipinski definition) is 4. The highest BCUT2D eigenvalue weighted by atomic mass is 16.4. The van der Waals surface area contributed by atoms with Crippen LogP contribution in [0.25, 0.3) is 0 Å². The standard InChI is InChI=1S/C16H29NO4/c1-5-6-7-8-9-10-11-14(18)16(21,12-15(19)20)13-17(2,3)4/h10-11,21H,5-9,12-13H2,1-4H3. The minimum absolute atomic E-state index is 0.0278. The van der Waals surface area contributed by atoms with Gasteiger partial charge < -0.3 is 19.5 Å². The van der Waals surface area contributed by atoms with Crippen molar-refractivity contribution in [1.82, 2.24) is 0 Å². The summed E-state index contributed by atoms with van der Waals surface area (Å²) in [6.07, 6.45) is 7.52. The third-order valence-corrected chi connectivity index (χ3v) is 3.12. The first-order valence-corrected chi connectivity index (χ1v) is 7.54. The van der Waals surface area contributed by atoms with E-state index in [1.165, 1.54) is 6.08 Å². The van der Waals surface area contributed by atoms with Crippen molar-refractivity contribution in [3.05, 3.63) is 12.2 Å². The lowest BCUT2D eigenvalue weighted by atomic mass is 9.92. The van der Waals surface area contributed by atoms with Gasteiger partial charge in [-0.25, -0.2) is 0 Å². The number of likely N-dealkylation sites (N-methyl/N-ethyl adjacent to an activating group) is 1. The lowest BCUT2D eigenvalue weighted by Crippen LogP contribution is -2.55. The molecule has 5 heteroatoms. The number of allylic oxidation sites excluding steroid dienone is 1. The predicted molar refractivity (Wildman–Crippen MR) is 80.4 cm³/mol. The number of carboxylic acids is 1. The molecule has 21 heavy (non-hydrogen) atoms. The van der Waals surface area contributed by atoms with Gasteiger partial charge in [-0.3, -0.25) is 4.79 Å². The Morgan fingerprint density at radius 2 is 1.81 bits per heavy atom. The van der Waals surface area contributed by atoms with E-state index in [0.717, 1.165) is 32.1 Å². The average molecular weight is 299 g/mol. The summed E-state index contributed by atoms with van der Waals surface area (Å²) >= 11 is 0. The molecule has 122 valence electrons. The zero-order chi connectivity index (χ0) is 16.5. The summed E-state index contributed by atoms with van der Waals surface area (Å²) in [4.78, 5) is 22.9. The number of carboxylic acid groups (broad SMARTS) is 1. The summed E-state index contributed by atoms with van der Waals surface area (Å²) in [6.45, 7) is 2.16. The van der Waals surface area contributed by atoms with Crippen molar-refractivity contribution in [1.29, 1.82) is 0 Å². The number of nitrogens with zero attached hydrogens (tertiary/aromatic N) is 1. The highest BCUT2D eigenvalue weighted by molar-refractivity contribution is 5.99. The maximum absolute atomic E-state index is 12.1. The van der Waals surface area contributed by atoms with Crippen LogP contribution in [0.1, 0.15) is 45.4 Å². The Labute approximate surface area is 127 Å². The molecule has 0 fully saturated rings. The van der Waals surface area contributed by atoms with Gasteiger partial charge in [0.15, 0.2) is 11.4 Å². The molecule has 0 saturated carbocycles. The summed E-state index contributed by atoms with van der Waals surface area (Å²) in [5.41, 5.74) is -1.91. The molecule has 0 spiro atoms. The molecule has 0 aromatic carbocycles. The molecule has 0 saturated heterocycles. The maximum Gasteiger partial charge on any atom is 0.193 e. The summed E-state index contributed by atoms with van der Waals surface area (Å²) < 4.78 is 0.292. The Balaban J connectivity index is 4.65. The molecule has 0 aliphatic rings. The molecule has 0 aliphatic heterocycles. The van der Waals surface area contributed by atoms with Gasteiger partial charge in [0.25, 0.3) is 0 Å². The lowest BCUT2D eigenvalue weighted by molar-refractivity contribution is -0.875. The Morgan fingerprint density at radius 1 is 1.19 bits per heavy atom. The smallest absolute Gasteiger partial charge is 0.193 e. The molecule has 5 nitrogen and oxygen atoms in total. The second kappa shape index (κ2) is 8.95. The van der Waals surface area contributed by atoms with Crippen molar-refractivity contribution in [3.63, 3.8) is 0 Å². The van der Waals surface area contributed by atoms with E-state index in [9.17, 15) is 19.8 Å². The molecule has 1 N–H and O–H groups in total. The Kier molecular flexibility index (Phi) is 8.44. The molecule has 0 amide bonds. The molecule has 0 radical (unpaired) electrons. The van der Waals surface area contributed by atoms with Gasteiger partial charge in [0.2, 0.25) is 0 Å². The maximum atomic E-state index is 12.1. The Bertz CT molecular complexity index is 371. The van der Waals surface area contributed by atoms with Crippen molar-refractivity contribution >= 4 is 11.8 Å². The molecule has 1 atom stereocenters. The van der Waals surface area contributed by atoms with E-state index >= 15 is 0 Å². The fourth-order valence-corrected chi connectivity index (χ4v) is 2.28. The first-order chi connectivity index (χ1) is 9.60. The van der Waals surface area contributed by atoms with Gasteiger partial charge in [-0.2, -0.15) is 0 Å². The summed E-state index contributed by atoms with van der Waals surface area (Å²) in [7, 11) is 5.38. The van der Waals surface area contributed by atoms with Gasteiger partial charge >= 0.3 is 0 Å². The van der Waals surface area contributed by atoms with Crippen molar-refractivity contribution < 1.29 is 24.3 Å². The number of aliphatic carboxylic acids is 1. The molecule has 0 bridgehead atoms. The number of rotatable bonds is 11. The Morgan fingerprint density at radius 3 is 2.29 bits per heavy atom. The van der Waals surface area contributed by atoms with Gasteiger partial charge in [-0.1, -0.05) is 32.3 Å². The molecule has 0 heterocycles. The van der Waals surface area contributed by atoms with E-state index in [2.05, 4.69) is 6.92 Å². The van der Waals surface area contributed by atoms with Crippen LogP contribution in [-0.2, 0) is 9.59 Å². The van der Waals surface area contributed by atoms with E-state index in [4.69, 9.17) is 0 Å². The number of carbonyl (C=O) groups is 2. The van der Waals surface area contributed by atoms with Gasteiger partial charge in [-0.15, -0.1) is 0 Å². The van der Waals surface area contributed by atoms with E-state index in [1.54, 1.807) is 27.2 Å². The largest absolute Gasteiger partial charge is 0.550 e. The average Bonchev–Trinajstić information content (AvgIpc) is 2.29. The van der Waals surface area contributed by atoms with E-state index in [0.29, 0.717) is 4.48 Å². The minimum atomic E-state index is -1.91. The first-order valence-electron chi connectivity index (χ1n) is 7.54. The van der Waals surface area contributed by atoms with Gasteiger partial charge in [0, 0.05) is 12.4 Å². The SMILES string of the molecule is CCCCCCC=CC(=O)C(O)(CC(=O)[O-])C[N+](C)(C)C. The van der Waals surface area contributed by atoms with Crippen LogP contribution < -0.4 is 5.11 Å². The molecule has 0 rings (SSSR count). The molecule has 0 aromatic heterocycles. The zero-order valence-corrected chi connectivity index (χ0v) is 13.7. The topological polar surface area (TPSA) is 77.4 Å². The van der Waals surface area contributed by atoms with Crippen LogP contribution in [0.15, 0.2) is 12.2 Å². The molecule has 1 unspecified atom stereocenters. The van der Waals surface area contributed by atoms with Crippen LogP contribution in [0.2, 0.25) is 0 Å². The molecular weight excluding hydrogens is 270 g/mol. The number of aliphatic hydroxyl groups is 1. The molecule has 0 aliphatic carbocycles. The summed E-state index contributed by atoms with van der Waals surface area (Å²) in [5, 5.41) is 21.2. The summed E-state index contributed by atoms with van der Waals surface area (Å²) in [5.74, 6) is -1.98. The Hall–Kier alpha value is -1.20. The quantitative estimate of drug-likeness (QED) is 0.345. The first kappa shape index (κ1) is 19.8. The second-order valence-corrected chi connectivity index (χ2v) is 6.64.